The highest BCUT2D eigenvalue weighted by Crippen LogP contribution is 2.33. The van der Waals surface area contributed by atoms with Crippen LogP contribution in [0.4, 0.5) is 4.79 Å². The number of nitrogens with one attached hydrogen (secondary N) is 3. The second-order valence-electron chi connectivity index (χ2n) is 8.72. The SMILES string of the molecule is CC(=O)OC(=O)CCCCCCCCC(=O)OCNC(=O)CCCCC1SCC2NC(=O)NC21. The Bertz CT molecular complexity index is 719. The Balaban J connectivity index is 1.36. The van der Waals surface area contributed by atoms with Crippen molar-refractivity contribution in [3.8, 4) is 0 Å². The minimum atomic E-state index is -0.580. The van der Waals surface area contributed by atoms with Crippen molar-refractivity contribution in [2.24, 2.45) is 0 Å². The van der Waals surface area contributed by atoms with Crippen molar-refractivity contribution in [2.45, 2.75) is 101 Å². The van der Waals surface area contributed by atoms with Crippen LogP contribution < -0.4 is 16.0 Å². The van der Waals surface area contributed by atoms with Gasteiger partial charge in [0.05, 0.1) is 12.1 Å². The summed E-state index contributed by atoms with van der Waals surface area (Å²) in [7, 11) is 0. The van der Waals surface area contributed by atoms with E-state index in [4.69, 9.17) is 4.74 Å². The first-order valence-electron chi connectivity index (χ1n) is 12.2. The maximum Gasteiger partial charge on any atom is 0.315 e. The highest BCUT2D eigenvalue weighted by molar-refractivity contribution is 8.00. The quantitative estimate of drug-likeness (QED) is 0.0968. The Morgan fingerprint density at radius 3 is 2.26 bits per heavy atom. The molecular weight excluding hydrogens is 462 g/mol. The van der Waals surface area contributed by atoms with Crippen LogP contribution in [0.25, 0.3) is 0 Å². The lowest BCUT2D eigenvalue weighted by molar-refractivity contribution is -0.158. The van der Waals surface area contributed by atoms with Gasteiger partial charge in [-0.3, -0.25) is 19.2 Å². The molecule has 3 amide bonds. The normalized spacial score (nSPS) is 20.7. The van der Waals surface area contributed by atoms with Crippen LogP contribution in [0.2, 0.25) is 0 Å². The van der Waals surface area contributed by atoms with Crippen LogP contribution >= 0.6 is 11.8 Å². The van der Waals surface area contributed by atoms with Crippen molar-refractivity contribution >= 4 is 41.6 Å². The van der Waals surface area contributed by atoms with Crippen molar-refractivity contribution < 1.29 is 33.4 Å². The number of carbonyl (C=O) groups excluding carboxylic acids is 5. The molecule has 0 bridgehead atoms. The van der Waals surface area contributed by atoms with Gasteiger partial charge >= 0.3 is 23.9 Å². The fourth-order valence-electron chi connectivity index (χ4n) is 4.09. The molecule has 0 aromatic rings. The van der Waals surface area contributed by atoms with Crippen molar-refractivity contribution in [2.75, 3.05) is 12.5 Å². The number of urea groups is 1. The number of esters is 3. The zero-order valence-electron chi connectivity index (χ0n) is 19.9. The molecule has 2 heterocycles. The summed E-state index contributed by atoms with van der Waals surface area (Å²) in [6, 6.07) is 0.324. The molecule has 0 radical (unpaired) electrons. The number of hydrogen-bond acceptors (Lipinski definition) is 8. The van der Waals surface area contributed by atoms with Gasteiger partial charge in [-0.15, -0.1) is 0 Å². The summed E-state index contributed by atoms with van der Waals surface area (Å²) in [5.41, 5.74) is 0. The number of hydrogen-bond donors (Lipinski definition) is 3. The van der Waals surface area contributed by atoms with Crippen LogP contribution in [0.1, 0.15) is 84.0 Å². The highest BCUT2D eigenvalue weighted by atomic mass is 32.2. The van der Waals surface area contributed by atoms with E-state index in [1.165, 1.54) is 6.92 Å². The number of amides is 3. The van der Waals surface area contributed by atoms with Crippen molar-refractivity contribution in [1.82, 2.24) is 16.0 Å². The molecule has 2 aliphatic heterocycles. The monoisotopic (exact) mass is 499 g/mol. The van der Waals surface area contributed by atoms with Gasteiger partial charge < -0.3 is 25.4 Å². The molecule has 0 spiro atoms. The molecule has 0 saturated carbocycles. The third-order valence-corrected chi connectivity index (χ3v) is 7.36. The summed E-state index contributed by atoms with van der Waals surface area (Å²) < 4.78 is 9.52. The third kappa shape index (κ3) is 11.2. The Kier molecular flexibility index (Phi) is 12.8. The first kappa shape index (κ1) is 27.9. The van der Waals surface area contributed by atoms with Gasteiger partial charge in [-0.2, -0.15) is 11.8 Å². The van der Waals surface area contributed by atoms with Gasteiger partial charge in [0, 0.05) is 37.2 Å². The molecule has 0 aromatic carbocycles. The number of rotatable bonds is 16. The van der Waals surface area contributed by atoms with Crippen molar-refractivity contribution in [3.05, 3.63) is 0 Å². The molecule has 2 rings (SSSR count). The summed E-state index contributed by atoms with van der Waals surface area (Å²) in [6.45, 7) is 1.11. The molecule has 0 aromatic heterocycles. The van der Waals surface area contributed by atoms with E-state index in [0.717, 1.165) is 57.1 Å². The molecule has 2 fully saturated rings. The second-order valence-corrected chi connectivity index (χ2v) is 9.99. The molecule has 0 aliphatic carbocycles. The molecule has 192 valence electrons. The van der Waals surface area contributed by atoms with Crippen LogP contribution in [0, 0.1) is 0 Å². The average Bonchev–Trinajstić information content (AvgIpc) is 3.32. The van der Waals surface area contributed by atoms with Crippen LogP contribution in [-0.4, -0.2) is 59.7 Å². The van der Waals surface area contributed by atoms with Crippen LogP contribution in [0.5, 0.6) is 0 Å². The predicted octanol–water partition coefficient (Wildman–Crippen LogP) is 2.54. The standard InChI is InChI=1S/C23H37N3O7S/c1-16(27)33-21(30)13-7-5-3-2-4-6-12-20(29)32-15-24-19(28)11-9-8-10-18-22-17(14-34-18)25-23(31)26-22/h17-18,22H,2-15H2,1H3,(H,24,28)(H2,25,26,31). The van der Waals surface area contributed by atoms with Crippen LogP contribution in [0.3, 0.4) is 0 Å². The van der Waals surface area contributed by atoms with Gasteiger partial charge in [-0.25, -0.2) is 4.79 Å². The smallest absolute Gasteiger partial charge is 0.315 e. The fraction of sp³-hybridized carbons (Fsp3) is 0.783. The molecule has 3 N–H and O–H groups in total. The van der Waals surface area contributed by atoms with Gasteiger partial charge in [0.15, 0.2) is 6.73 Å². The highest BCUT2D eigenvalue weighted by Gasteiger charge is 2.42. The predicted molar refractivity (Wildman–Crippen MR) is 127 cm³/mol. The lowest BCUT2D eigenvalue weighted by atomic mass is 10.0. The first-order valence-corrected chi connectivity index (χ1v) is 13.2. The topological polar surface area (TPSA) is 140 Å². The summed E-state index contributed by atoms with van der Waals surface area (Å²) >= 11 is 1.87. The minimum absolute atomic E-state index is 0.0856. The van der Waals surface area contributed by atoms with E-state index < -0.39 is 11.9 Å². The van der Waals surface area contributed by atoms with Gasteiger partial charge in [-0.1, -0.05) is 32.1 Å². The third-order valence-electron chi connectivity index (χ3n) is 5.85. The van der Waals surface area contributed by atoms with Gasteiger partial charge in [0.25, 0.3) is 0 Å². The Hall–Kier alpha value is -2.30. The van der Waals surface area contributed by atoms with E-state index in [1.807, 2.05) is 11.8 Å². The number of fused-ring (bicyclic) bond motifs is 1. The fourth-order valence-corrected chi connectivity index (χ4v) is 5.63. The lowest BCUT2D eigenvalue weighted by Crippen LogP contribution is -2.36. The molecular formula is C23H37N3O7S. The molecule has 10 nitrogen and oxygen atoms in total. The average molecular weight is 500 g/mol. The number of thioether (sulfide) groups is 1. The number of ether oxygens (including phenoxy) is 2. The number of unbranched alkanes of at least 4 members (excludes halogenated alkanes) is 6. The first-order chi connectivity index (χ1) is 16.3. The van der Waals surface area contributed by atoms with Crippen molar-refractivity contribution in [1.29, 1.82) is 0 Å². The van der Waals surface area contributed by atoms with Crippen molar-refractivity contribution in [3.63, 3.8) is 0 Å². The Labute approximate surface area is 205 Å². The molecule has 2 aliphatic rings. The molecule has 2 saturated heterocycles. The maximum atomic E-state index is 11.9. The molecule has 34 heavy (non-hydrogen) atoms. The van der Waals surface area contributed by atoms with Gasteiger partial charge in [-0.05, 0) is 25.7 Å². The largest absolute Gasteiger partial charge is 0.444 e. The maximum absolute atomic E-state index is 11.9. The number of carbonyl (C=O) groups is 5. The van der Waals surface area contributed by atoms with E-state index in [2.05, 4.69) is 20.7 Å². The van der Waals surface area contributed by atoms with Crippen LogP contribution in [-0.2, 0) is 28.7 Å². The summed E-state index contributed by atoms with van der Waals surface area (Å²) in [5.74, 6) is -0.591. The molecule has 11 heteroatoms. The molecule has 3 atom stereocenters. The zero-order valence-corrected chi connectivity index (χ0v) is 20.7. The minimum Gasteiger partial charge on any atom is -0.444 e. The van der Waals surface area contributed by atoms with E-state index in [9.17, 15) is 24.0 Å². The second kappa shape index (κ2) is 15.6. The summed E-state index contributed by atoms with van der Waals surface area (Å²) in [5, 5.41) is 8.90. The molecule has 3 unspecified atom stereocenters. The van der Waals surface area contributed by atoms with E-state index in [0.29, 0.717) is 24.5 Å². The van der Waals surface area contributed by atoms with E-state index in [1.54, 1.807) is 0 Å². The summed E-state index contributed by atoms with van der Waals surface area (Å²) in [4.78, 5) is 56.9. The zero-order chi connectivity index (χ0) is 24.8. The summed E-state index contributed by atoms with van der Waals surface area (Å²) in [6.07, 6.45) is 8.64. The Morgan fingerprint density at radius 2 is 1.56 bits per heavy atom. The van der Waals surface area contributed by atoms with E-state index in [-0.39, 0.29) is 43.1 Å². The lowest BCUT2D eigenvalue weighted by Gasteiger charge is -2.16. The van der Waals surface area contributed by atoms with Crippen LogP contribution in [0.15, 0.2) is 0 Å². The Morgan fingerprint density at radius 1 is 0.912 bits per heavy atom. The van der Waals surface area contributed by atoms with E-state index >= 15 is 0 Å². The van der Waals surface area contributed by atoms with Gasteiger partial charge in [0.2, 0.25) is 5.91 Å². The van der Waals surface area contributed by atoms with Gasteiger partial charge in [0.1, 0.15) is 0 Å².